The Morgan fingerprint density at radius 1 is 0.793 bits per heavy atom. The fraction of sp³-hybridized carbons (Fsp3) is 0.625. The van der Waals surface area contributed by atoms with Gasteiger partial charge in [0, 0.05) is 0 Å². The highest BCUT2D eigenvalue weighted by molar-refractivity contribution is 5.97. The number of carbonyl (C=O) groups excluding carboxylic acids is 5. The molecule has 164 valence electrons. The smallest absolute Gasteiger partial charge is 0.326 e. The Morgan fingerprint density at radius 3 is 1.55 bits per heavy atom. The number of nitrogens with two attached hydrogens (primary N) is 3. The van der Waals surface area contributed by atoms with E-state index in [2.05, 4.69) is 16.0 Å². The molecule has 3 atom stereocenters. The summed E-state index contributed by atoms with van der Waals surface area (Å²) in [6, 6.07) is -4.23. The van der Waals surface area contributed by atoms with Gasteiger partial charge in [-0.15, -0.1) is 0 Å². The third-order valence-electron chi connectivity index (χ3n) is 3.60. The van der Waals surface area contributed by atoms with Gasteiger partial charge in [0.15, 0.2) is 0 Å². The number of primary amides is 2. The molecule has 0 spiro atoms. The lowest BCUT2D eigenvalue weighted by Crippen LogP contribution is -2.57. The van der Waals surface area contributed by atoms with E-state index in [9.17, 15) is 33.9 Å². The molecule has 0 aliphatic heterocycles. The van der Waals surface area contributed by atoms with Gasteiger partial charge in [0.2, 0.25) is 29.5 Å². The SMILES string of the molecule is CC(C)CC(NC(=O)C(CC(N)=O)NC(=O)C(CC(N)=O)NC(=O)CN)C(=O)O. The molecule has 0 saturated heterocycles. The molecule has 0 aliphatic rings. The summed E-state index contributed by atoms with van der Waals surface area (Å²) in [7, 11) is 0. The molecule has 0 saturated carbocycles. The molecule has 13 heteroatoms. The summed E-state index contributed by atoms with van der Waals surface area (Å²) in [6.45, 7) is 3.03. The van der Waals surface area contributed by atoms with E-state index >= 15 is 0 Å². The summed E-state index contributed by atoms with van der Waals surface area (Å²) in [4.78, 5) is 70.0. The molecule has 13 nitrogen and oxygen atoms in total. The maximum atomic E-state index is 12.4. The first-order chi connectivity index (χ1) is 13.4. The van der Waals surface area contributed by atoms with E-state index in [0.29, 0.717) is 0 Å². The highest BCUT2D eigenvalue weighted by atomic mass is 16.4. The zero-order valence-electron chi connectivity index (χ0n) is 16.3. The van der Waals surface area contributed by atoms with Crippen molar-refractivity contribution in [1.29, 1.82) is 0 Å². The number of carboxylic acid groups (broad SMARTS) is 1. The standard InChI is InChI=1S/C16H28N6O7/c1-7(2)3-10(16(28)29)22-15(27)9(5-12(19)24)21-14(26)8(4-11(18)23)20-13(25)6-17/h7-10H,3-6,17H2,1-2H3,(H2,18,23)(H2,19,24)(H,20,25)(H,21,26)(H,22,27)(H,28,29). The van der Waals surface area contributed by atoms with Gasteiger partial charge < -0.3 is 38.3 Å². The largest absolute Gasteiger partial charge is 0.480 e. The monoisotopic (exact) mass is 416 g/mol. The fourth-order valence-electron chi connectivity index (χ4n) is 2.31. The first kappa shape index (κ1) is 25.8. The molecule has 0 aromatic carbocycles. The number of aliphatic carboxylic acids is 1. The summed E-state index contributed by atoms with van der Waals surface area (Å²) in [5.41, 5.74) is 15.3. The molecule has 0 bridgehead atoms. The van der Waals surface area contributed by atoms with Crippen molar-refractivity contribution in [2.75, 3.05) is 6.54 Å². The summed E-state index contributed by atoms with van der Waals surface area (Å²) < 4.78 is 0. The number of nitrogens with one attached hydrogen (secondary N) is 3. The van der Waals surface area contributed by atoms with Crippen molar-refractivity contribution in [2.45, 2.75) is 51.2 Å². The maximum Gasteiger partial charge on any atom is 0.326 e. The van der Waals surface area contributed by atoms with Crippen molar-refractivity contribution >= 4 is 35.5 Å². The predicted molar refractivity (Wildman–Crippen MR) is 99.6 cm³/mol. The van der Waals surface area contributed by atoms with Crippen molar-refractivity contribution in [2.24, 2.45) is 23.1 Å². The zero-order chi connectivity index (χ0) is 22.7. The van der Waals surface area contributed by atoms with Crippen LogP contribution in [0.15, 0.2) is 0 Å². The van der Waals surface area contributed by atoms with Gasteiger partial charge >= 0.3 is 5.97 Å². The molecular weight excluding hydrogens is 388 g/mol. The lowest BCUT2D eigenvalue weighted by atomic mass is 10.0. The van der Waals surface area contributed by atoms with Crippen LogP contribution in [0.25, 0.3) is 0 Å². The summed E-state index contributed by atoms with van der Waals surface area (Å²) in [6.07, 6.45) is -1.12. The Bertz CT molecular complexity index is 652. The molecular formula is C16H28N6O7. The summed E-state index contributed by atoms with van der Waals surface area (Å²) >= 11 is 0. The highest BCUT2D eigenvalue weighted by Gasteiger charge is 2.31. The van der Waals surface area contributed by atoms with Crippen molar-refractivity contribution in [3.8, 4) is 0 Å². The lowest BCUT2D eigenvalue weighted by molar-refractivity contribution is -0.143. The lowest BCUT2D eigenvalue weighted by Gasteiger charge is -2.24. The molecule has 0 aromatic rings. The fourth-order valence-corrected chi connectivity index (χ4v) is 2.31. The van der Waals surface area contributed by atoms with E-state index in [0.717, 1.165) is 0 Å². The minimum Gasteiger partial charge on any atom is -0.480 e. The average Bonchev–Trinajstić information content (AvgIpc) is 2.58. The summed E-state index contributed by atoms with van der Waals surface area (Å²) in [5.74, 6) is -5.94. The van der Waals surface area contributed by atoms with Gasteiger partial charge in [-0.2, -0.15) is 0 Å². The third-order valence-corrected chi connectivity index (χ3v) is 3.60. The van der Waals surface area contributed by atoms with Crippen molar-refractivity contribution < 1.29 is 33.9 Å². The van der Waals surface area contributed by atoms with Gasteiger partial charge in [-0.1, -0.05) is 13.8 Å². The van der Waals surface area contributed by atoms with Gasteiger partial charge in [0.1, 0.15) is 18.1 Å². The molecule has 0 fully saturated rings. The van der Waals surface area contributed by atoms with E-state index in [1.54, 1.807) is 13.8 Å². The second kappa shape index (κ2) is 12.3. The molecule has 0 aromatic heterocycles. The zero-order valence-corrected chi connectivity index (χ0v) is 16.3. The Kier molecular flexibility index (Phi) is 10.9. The van der Waals surface area contributed by atoms with Crippen LogP contribution in [0, 0.1) is 5.92 Å². The van der Waals surface area contributed by atoms with Gasteiger partial charge in [-0.05, 0) is 12.3 Å². The normalized spacial score (nSPS) is 13.7. The molecule has 0 rings (SSSR count). The second-order valence-electron chi connectivity index (χ2n) is 6.76. The molecule has 10 N–H and O–H groups in total. The van der Waals surface area contributed by atoms with Crippen LogP contribution in [-0.2, 0) is 28.8 Å². The van der Waals surface area contributed by atoms with Crippen LogP contribution in [0.1, 0.15) is 33.1 Å². The molecule has 0 radical (unpaired) electrons. The van der Waals surface area contributed by atoms with Crippen LogP contribution >= 0.6 is 0 Å². The van der Waals surface area contributed by atoms with Gasteiger partial charge in [-0.3, -0.25) is 24.0 Å². The average molecular weight is 416 g/mol. The third kappa shape index (κ3) is 10.6. The maximum absolute atomic E-state index is 12.4. The van der Waals surface area contributed by atoms with Crippen LogP contribution < -0.4 is 33.2 Å². The minimum atomic E-state index is -1.53. The van der Waals surface area contributed by atoms with Crippen molar-refractivity contribution in [3.05, 3.63) is 0 Å². The number of hydrogen-bond acceptors (Lipinski definition) is 7. The van der Waals surface area contributed by atoms with Crippen LogP contribution in [0.5, 0.6) is 0 Å². The first-order valence-corrected chi connectivity index (χ1v) is 8.76. The van der Waals surface area contributed by atoms with Crippen molar-refractivity contribution in [3.63, 3.8) is 0 Å². The second-order valence-corrected chi connectivity index (χ2v) is 6.76. The summed E-state index contributed by atoms with van der Waals surface area (Å²) in [5, 5.41) is 15.8. The van der Waals surface area contributed by atoms with Crippen LogP contribution in [-0.4, -0.2) is 65.3 Å². The topological polar surface area (TPSA) is 237 Å². The number of hydrogen-bond donors (Lipinski definition) is 7. The van der Waals surface area contributed by atoms with E-state index in [1.165, 1.54) is 0 Å². The number of carbonyl (C=O) groups is 6. The van der Waals surface area contributed by atoms with Gasteiger partial charge in [-0.25, -0.2) is 4.79 Å². The predicted octanol–water partition coefficient (Wildman–Crippen LogP) is -3.72. The molecule has 0 heterocycles. The molecule has 29 heavy (non-hydrogen) atoms. The van der Waals surface area contributed by atoms with Crippen LogP contribution in [0.4, 0.5) is 0 Å². The Morgan fingerprint density at radius 2 is 1.21 bits per heavy atom. The minimum absolute atomic E-state index is 0.0630. The molecule has 3 unspecified atom stereocenters. The Labute approximate surface area is 167 Å². The quantitative estimate of drug-likeness (QED) is 0.157. The molecule has 0 aliphatic carbocycles. The van der Waals surface area contributed by atoms with E-state index in [1.807, 2.05) is 0 Å². The molecule has 5 amide bonds. The Hall–Kier alpha value is -3.22. The highest BCUT2D eigenvalue weighted by Crippen LogP contribution is 2.06. The van der Waals surface area contributed by atoms with Crippen LogP contribution in [0.2, 0.25) is 0 Å². The number of rotatable bonds is 13. The first-order valence-electron chi connectivity index (χ1n) is 8.76. The van der Waals surface area contributed by atoms with Crippen molar-refractivity contribution in [1.82, 2.24) is 16.0 Å². The van der Waals surface area contributed by atoms with Gasteiger partial charge in [0.05, 0.1) is 19.4 Å². The van der Waals surface area contributed by atoms with Crippen LogP contribution in [0.3, 0.4) is 0 Å². The van der Waals surface area contributed by atoms with E-state index < -0.39 is 73.0 Å². The number of carboxylic acids is 1. The van der Waals surface area contributed by atoms with E-state index in [4.69, 9.17) is 17.2 Å². The van der Waals surface area contributed by atoms with E-state index in [-0.39, 0.29) is 12.3 Å². The van der Waals surface area contributed by atoms with Gasteiger partial charge in [0.25, 0.3) is 0 Å². The number of amides is 5. The Balaban J connectivity index is 5.41.